The van der Waals surface area contributed by atoms with Gasteiger partial charge in [-0.05, 0) is 29.8 Å². The molecular formula is C27H18BrNO6. The van der Waals surface area contributed by atoms with E-state index >= 15 is 0 Å². The Morgan fingerprint density at radius 2 is 1.51 bits per heavy atom. The summed E-state index contributed by atoms with van der Waals surface area (Å²) in [5.74, 6) is -4.19. The van der Waals surface area contributed by atoms with Crippen molar-refractivity contribution in [3.05, 3.63) is 94.0 Å². The van der Waals surface area contributed by atoms with Crippen LogP contribution in [0.25, 0.3) is 0 Å². The molecular weight excluding hydrogens is 514 g/mol. The Morgan fingerprint density at radius 1 is 0.857 bits per heavy atom. The molecule has 8 heteroatoms. The number of halogens is 1. The maximum absolute atomic E-state index is 13.9. The molecule has 35 heavy (non-hydrogen) atoms. The number of ketones is 2. The normalized spacial score (nSPS) is 24.3. The predicted molar refractivity (Wildman–Crippen MR) is 128 cm³/mol. The number of nitrogens with zero attached hydrogens (tertiary/aromatic N) is 1. The lowest BCUT2D eigenvalue weighted by atomic mass is 9.77. The Kier molecular flexibility index (Phi) is 4.81. The number of hydrogen-bond acceptors (Lipinski definition) is 6. The molecule has 3 atom stereocenters. The first-order valence-electron chi connectivity index (χ1n) is 11.0. The van der Waals surface area contributed by atoms with Gasteiger partial charge in [0.2, 0.25) is 29.0 Å². The number of benzene rings is 3. The summed E-state index contributed by atoms with van der Waals surface area (Å²) in [6.07, 6.45) is -0.956. The summed E-state index contributed by atoms with van der Waals surface area (Å²) in [5.41, 5.74) is -0.772. The summed E-state index contributed by atoms with van der Waals surface area (Å²) < 4.78 is 12.4. The van der Waals surface area contributed by atoms with Crippen LogP contribution >= 0.6 is 15.9 Å². The highest BCUT2D eigenvalue weighted by Crippen LogP contribution is 2.57. The Balaban J connectivity index is 1.54. The number of amides is 2. The molecule has 7 nitrogen and oxygen atoms in total. The number of rotatable bonds is 3. The summed E-state index contributed by atoms with van der Waals surface area (Å²) >= 11 is 3.39. The fourth-order valence-electron chi connectivity index (χ4n) is 5.47. The maximum atomic E-state index is 13.9. The van der Waals surface area contributed by atoms with Crippen LogP contribution in [0.1, 0.15) is 32.4 Å². The van der Waals surface area contributed by atoms with Crippen molar-refractivity contribution in [1.29, 1.82) is 0 Å². The number of fused-ring (bicyclic) bond motifs is 3. The van der Waals surface area contributed by atoms with E-state index in [0.717, 1.165) is 9.37 Å². The molecule has 3 aliphatic rings. The van der Waals surface area contributed by atoms with E-state index in [1.54, 1.807) is 72.8 Å². The largest absolute Gasteiger partial charge is 0.497 e. The molecule has 6 rings (SSSR count). The van der Waals surface area contributed by atoms with Gasteiger partial charge in [0, 0.05) is 21.7 Å². The molecule has 2 fully saturated rings. The van der Waals surface area contributed by atoms with Gasteiger partial charge in [0.25, 0.3) is 0 Å². The van der Waals surface area contributed by atoms with Crippen molar-refractivity contribution in [3.8, 4) is 5.75 Å². The second-order valence-corrected chi connectivity index (χ2v) is 9.66. The van der Waals surface area contributed by atoms with Crippen molar-refractivity contribution < 1.29 is 28.7 Å². The van der Waals surface area contributed by atoms with E-state index in [2.05, 4.69) is 15.9 Å². The number of methoxy groups -OCH3 is 1. The minimum absolute atomic E-state index is 0.202. The number of carbonyl (C=O) groups excluding carboxylic acids is 4. The highest BCUT2D eigenvalue weighted by atomic mass is 79.9. The Bertz CT molecular complexity index is 1400. The van der Waals surface area contributed by atoms with Gasteiger partial charge in [-0.25, -0.2) is 4.90 Å². The highest BCUT2D eigenvalue weighted by Gasteiger charge is 2.74. The molecule has 2 saturated heterocycles. The molecule has 1 aliphatic carbocycles. The zero-order valence-corrected chi connectivity index (χ0v) is 20.0. The molecule has 0 bridgehead atoms. The van der Waals surface area contributed by atoms with Crippen molar-refractivity contribution in [2.24, 2.45) is 11.8 Å². The molecule has 0 saturated carbocycles. The molecule has 0 N–H and O–H groups in total. The van der Waals surface area contributed by atoms with Gasteiger partial charge < -0.3 is 9.47 Å². The van der Waals surface area contributed by atoms with Gasteiger partial charge in [0.05, 0.1) is 30.7 Å². The lowest BCUT2D eigenvalue weighted by Gasteiger charge is -2.27. The molecule has 0 unspecified atom stereocenters. The van der Waals surface area contributed by atoms with E-state index in [0.29, 0.717) is 17.0 Å². The van der Waals surface area contributed by atoms with E-state index in [4.69, 9.17) is 9.47 Å². The van der Waals surface area contributed by atoms with Gasteiger partial charge >= 0.3 is 0 Å². The summed E-state index contributed by atoms with van der Waals surface area (Å²) in [5, 5.41) is 0. The number of hydrogen-bond donors (Lipinski definition) is 0. The second-order valence-electron chi connectivity index (χ2n) is 8.75. The number of ether oxygens (including phenoxy) is 2. The molecule has 2 amide bonds. The van der Waals surface area contributed by atoms with E-state index in [1.165, 1.54) is 7.11 Å². The van der Waals surface area contributed by atoms with Crippen LogP contribution in [0.5, 0.6) is 5.75 Å². The molecule has 0 radical (unpaired) electrons. The van der Waals surface area contributed by atoms with Gasteiger partial charge in [-0.1, -0.05) is 58.4 Å². The third-order valence-electron chi connectivity index (χ3n) is 7.03. The minimum atomic E-state index is -2.09. The van der Waals surface area contributed by atoms with Crippen molar-refractivity contribution >= 4 is 45.0 Å². The van der Waals surface area contributed by atoms with E-state index < -0.39 is 46.9 Å². The highest BCUT2D eigenvalue weighted by molar-refractivity contribution is 9.10. The number of anilines is 1. The summed E-state index contributed by atoms with van der Waals surface area (Å²) in [6.45, 7) is 0. The van der Waals surface area contributed by atoms with Crippen LogP contribution in [0.2, 0.25) is 0 Å². The first kappa shape index (κ1) is 21.9. The quantitative estimate of drug-likeness (QED) is 0.372. The Labute approximate surface area is 208 Å². The molecule has 3 aromatic carbocycles. The van der Waals surface area contributed by atoms with Crippen molar-refractivity contribution in [2.75, 3.05) is 12.0 Å². The van der Waals surface area contributed by atoms with E-state index in [9.17, 15) is 19.2 Å². The number of carbonyl (C=O) groups is 4. The van der Waals surface area contributed by atoms with E-state index in [-0.39, 0.29) is 11.1 Å². The smallest absolute Gasteiger partial charge is 0.241 e. The monoisotopic (exact) mass is 531 g/mol. The summed E-state index contributed by atoms with van der Waals surface area (Å²) in [6, 6.07) is 20.1. The third-order valence-corrected chi connectivity index (χ3v) is 7.56. The van der Waals surface area contributed by atoms with Crippen molar-refractivity contribution in [3.63, 3.8) is 0 Å². The van der Waals surface area contributed by atoms with E-state index in [1.807, 2.05) is 0 Å². The molecule has 3 aromatic rings. The molecule has 174 valence electrons. The molecule has 1 spiro atoms. The maximum Gasteiger partial charge on any atom is 0.241 e. The topological polar surface area (TPSA) is 90.0 Å². The lowest BCUT2D eigenvalue weighted by Crippen LogP contribution is -2.51. The number of imide groups is 1. The first-order chi connectivity index (χ1) is 16.9. The van der Waals surface area contributed by atoms with Gasteiger partial charge in [-0.3, -0.25) is 19.2 Å². The van der Waals surface area contributed by atoms with Gasteiger partial charge in [0.1, 0.15) is 5.75 Å². The van der Waals surface area contributed by atoms with Crippen LogP contribution in [-0.2, 0) is 14.3 Å². The molecule has 2 heterocycles. The molecule has 0 aromatic heterocycles. The van der Waals surface area contributed by atoms with Gasteiger partial charge in [0.15, 0.2) is 0 Å². The van der Waals surface area contributed by atoms with Crippen molar-refractivity contribution in [1.82, 2.24) is 0 Å². The lowest BCUT2D eigenvalue weighted by molar-refractivity contribution is -0.127. The van der Waals surface area contributed by atoms with Crippen LogP contribution in [0.3, 0.4) is 0 Å². The van der Waals surface area contributed by atoms with Crippen LogP contribution in [0.4, 0.5) is 5.69 Å². The second kappa shape index (κ2) is 7.69. The predicted octanol–water partition coefficient (Wildman–Crippen LogP) is 4.15. The summed E-state index contributed by atoms with van der Waals surface area (Å²) in [7, 11) is 1.49. The van der Waals surface area contributed by atoms with Gasteiger partial charge in [-0.2, -0.15) is 0 Å². The SMILES string of the molecule is COc1cccc(N2C(=O)[C@@H]3[C@@H](c4ccc(Br)cc4)OC4(C(=O)c5ccccc5C4=O)[C@H]3C2=O)c1. The van der Waals surface area contributed by atoms with Crippen LogP contribution in [0.15, 0.2) is 77.3 Å². The minimum Gasteiger partial charge on any atom is -0.497 e. The van der Waals surface area contributed by atoms with Crippen LogP contribution in [0, 0.1) is 11.8 Å². The standard InChI is InChI=1S/C27H18BrNO6/c1-34-17-6-4-5-16(13-17)29-25(32)20-21(26(29)33)27(35-22(20)14-9-11-15(28)12-10-14)23(30)18-7-2-3-8-19(18)24(27)31/h2-13,20-22H,1H3/t20-,21+,22+/m0/s1. The third kappa shape index (κ3) is 2.87. The summed E-state index contributed by atoms with van der Waals surface area (Å²) in [4.78, 5) is 56.3. The fourth-order valence-corrected chi connectivity index (χ4v) is 5.74. The van der Waals surface area contributed by atoms with Crippen molar-refractivity contribution in [2.45, 2.75) is 11.7 Å². The molecule has 2 aliphatic heterocycles. The Hall–Kier alpha value is -3.62. The zero-order valence-electron chi connectivity index (χ0n) is 18.4. The van der Waals surface area contributed by atoms with Gasteiger partial charge in [-0.15, -0.1) is 0 Å². The Morgan fingerprint density at radius 3 is 2.14 bits per heavy atom. The average Bonchev–Trinajstić information content (AvgIpc) is 3.44. The van der Waals surface area contributed by atoms with Crippen LogP contribution < -0.4 is 9.64 Å². The zero-order chi connectivity index (χ0) is 24.5. The average molecular weight is 532 g/mol. The fraction of sp³-hybridized carbons (Fsp3) is 0.185. The first-order valence-corrected chi connectivity index (χ1v) is 11.8. The number of Topliss-reactive ketones (excluding diaryl/α,β-unsaturated/α-hetero) is 2. The van der Waals surface area contributed by atoms with Crippen LogP contribution in [-0.4, -0.2) is 36.1 Å².